The van der Waals surface area contributed by atoms with Gasteiger partial charge in [-0.05, 0) is 41.8 Å². The van der Waals surface area contributed by atoms with Gasteiger partial charge in [-0.15, -0.1) is 0 Å². The van der Waals surface area contributed by atoms with Gasteiger partial charge in [0.1, 0.15) is 11.5 Å². The zero-order valence-electron chi connectivity index (χ0n) is 16.2. The van der Waals surface area contributed by atoms with Crippen LogP contribution in [0.2, 0.25) is 0 Å². The smallest absolute Gasteiger partial charge is 0.337 e. The van der Waals surface area contributed by atoms with E-state index in [1.54, 1.807) is 29.2 Å². The van der Waals surface area contributed by atoms with E-state index < -0.39 is 11.6 Å². The van der Waals surface area contributed by atoms with Gasteiger partial charge in [-0.2, -0.15) is 0 Å². The summed E-state index contributed by atoms with van der Waals surface area (Å²) in [6, 6.07) is 11.7. The monoisotopic (exact) mass is 382 g/mol. The van der Waals surface area contributed by atoms with Crippen molar-refractivity contribution < 1.29 is 18.7 Å². The molecule has 1 atom stereocenters. The first-order valence-electron chi connectivity index (χ1n) is 9.47. The average Bonchev–Trinajstić information content (AvgIpc) is 3.16. The van der Waals surface area contributed by atoms with Gasteiger partial charge in [0.15, 0.2) is 0 Å². The highest BCUT2D eigenvalue weighted by atomic mass is 19.1. The lowest BCUT2D eigenvalue weighted by molar-refractivity contribution is -0.117. The Hall–Kier alpha value is -2.89. The molecular weight excluding hydrogens is 359 g/mol. The zero-order valence-corrected chi connectivity index (χ0v) is 16.2. The van der Waals surface area contributed by atoms with Crippen LogP contribution in [0.4, 0.5) is 15.8 Å². The van der Waals surface area contributed by atoms with Crippen LogP contribution < -0.4 is 9.80 Å². The van der Waals surface area contributed by atoms with Crippen molar-refractivity contribution in [3.05, 3.63) is 59.4 Å². The molecule has 0 aromatic heterocycles. The maximum Gasteiger partial charge on any atom is 0.337 e. The molecule has 0 bridgehead atoms. The topological polar surface area (TPSA) is 49.9 Å². The molecule has 5 nitrogen and oxygen atoms in total. The molecule has 6 heteroatoms. The Morgan fingerprint density at radius 3 is 2.54 bits per heavy atom. The van der Waals surface area contributed by atoms with Crippen LogP contribution in [0.3, 0.4) is 0 Å². The summed E-state index contributed by atoms with van der Waals surface area (Å²) in [6.45, 7) is 4.98. The van der Waals surface area contributed by atoms with Crippen LogP contribution in [-0.4, -0.2) is 25.5 Å². The second kappa shape index (κ2) is 6.62. The van der Waals surface area contributed by atoms with Gasteiger partial charge in [0.25, 0.3) is 0 Å². The van der Waals surface area contributed by atoms with Gasteiger partial charge in [0.05, 0.1) is 24.0 Å². The van der Waals surface area contributed by atoms with Crippen LogP contribution in [0.1, 0.15) is 42.6 Å². The number of halogens is 1. The number of esters is 1. The number of amides is 1. The lowest BCUT2D eigenvalue weighted by Crippen LogP contribution is -2.53. The first kappa shape index (κ1) is 18.5. The standard InChI is InChI=1S/C22H23FN2O3/c1-14(2)13-24-18-9-4-15(21(27)28-3)12-19(18)25-20(26)10-11-22(24,25)16-5-7-17(23)8-6-16/h4-9,12,14H,10-11,13H2,1-3H3. The van der Waals surface area contributed by atoms with E-state index in [1.807, 2.05) is 6.07 Å². The van der Waals surface area contributed by atoms with E-state index in [-0.39, 0.29) is 11.7 Å². The van der Waals surface area contributed by atoms with Gasteiger partial charge < -0.3 is 9.64 Å². The molecule has 2 heterocycles. The number of fused-ring (bicyclic) bond motifs is 3. The number of anilines is 2. The molecule has 0 saturated carbocycles. The number of benzene rings is 2. The Balaban J connectivity index is 1.93. The Morgan fingerprint density at radius 2 is 1.89 bits per heavy atom. The fourth-order valence-corrected chi connectivity index (χ4v) is 4.44. The summed E-state index contributed by atoms with van der Waals surface area (Å²) in [7, 11) is 1.34. The number of rotatable bonds is 4. The highest BCUT2D eigenvalue weighted by molar-refractivity contribution is 6.06. The summed E-state index contributed by atoms with van der Waals surface area (Å²) in [5.74, 6) is -0.404. The summed E-state index contributed by atoms with van der Waals surface area (Å²) < 4.78 is 18.4. The highest BCUT2D eigenvalue weighted by Crippen LogP contribution is 2.56. The molecule has 2 aromatic carbocycles. The predicted molar refractivity (Wildman–Crippen MR) is 105 cm³/mol. The molecule has 2 aromatic rings. The number of hydrogen-bond donors (Lipinski definition) is 0. The van der Waals surface area contributed by atoms with Crippen LogP contribution in [0, 0.1) is 11.7 Å². The largest absolute Gasteiger partial charge is 0.465 e. The molecule has 4 rings (SSSR count). The molecule has 2 aliphatic rings. The van der Waals surface area contributed by atoms with E-state index in [0.717, 1.165) is 17.8 Å². The molecule has 1 fully saturated rings. The number of methoxy groups -OCH3 is 1. The summed E-state index contributed by atoms with van der Waals surface area (Å²) >= 11 is 0. The van der Waals surface area contributed by atoms with Crippen LogP contribution in [0.5, 0.6) is 0 Å². The zero-order chi connectivity index (χ0) is 20.1. The number of ether oxygens (including phenoxy) is 1. The number of carbonyl (C=O) groups excluding carboxylic acids is 2. The van der Waals surface area contributed by atoms with E-state index in [2.05, 4.69) is 18.7 Å². The van der Waals surface area contributed by atoms with Gasteiger partial charge in [-0.1, -0.05) is 26.0 Å². The van der Waals surface area contributed by atoms with E-state index in [0.29, 0.717) is 30.0 Å². The van der Waals surface area contributed by atoms with Crippen LogP contribution in [0.15, 0.2) is 42.5 Å². The summed E-state index contributed by atoms with van der Waals surface area (Å²) in [6.07, 6.45) is 1.00. The van der Waals surface area contributed by atoms with E-state index in [9.17, 15) is 14.0 Å². The fourth-order valence-electron chi connectivity index (χ4n) is 4.44. The Kier molecular flexibility index (Phi) is 4.37. The van der Waals surface area contributed by atoms with Crippen molar-refractivity contribution in [3.63, 3.8) is 0 Å². The first-order chi connectivity index (χ1) is 13.4. The maximum atomic E-state index is 13.6. The van der Waals surface area contributed by atoms with Crippen molar-refractivity contribution in [1.29, 1.82) is 0 Å². The molecule has 0 spiro atoms. The Morgan fingerprint density at radius 1 is 1.18 bits per heavy atom. The minimum Gasteiger partial charge on any atom is -0.465 e. The van der Waals surface area contributed by atoms with E-state index in [1.165, 1.54) is 19.2 Å². The van der Waals surface area contributed by atoms with Crippen molar-refractivity contribution in [2.45, 2.75) is 32.4 Å². The molecule has 0 aliphatic carbocycles. The number of hydrogen-bond acceptors (Lipinski definition) is 4. The second-order valence-electron chi connectivity index (χ2n) is 7.75. The lowest BCUT2D eigenvalue weighted by atomic mass is 9.94. The summed E-state index contributed by atoms with van der Waals surface area (Å²) in [5.41, 5.74) is 2.18. The van der Waals surface area contributed by atoms with Crippen molar-refractivity contribution in [2.24, 2.45) is 5.92 Å². The molecular formula is C22H23FN2O3. The highest BCUT2D eigenvalue weighted by Gasteiger charge is 2.57. The van der Waals surface area contributed by atoms with Gasteiger partial charge in [0.2, 0.25) is 5.91 Å². The van der Waals surface area contributed by atoms with Crippen molar-refractivity contribution >= 4 is 23.3 Å². The SMILES string of the molecule is COC(=O)c1ccc2c(c1)N1C(=O)CCC1(c1ccc(F)cc1)N2CC(C)C. The van der Waals surface area contributed by atoms with Crippen molar-refractivity contribution in [1.82, 2.24) is 0 Å². The van der Waals surface area contributed by atoms with Crippen LogP contribution in [-0.2, 0) is 15.2 Å². The van der Waals surface area contributed by atoms with E-state index in [4.69, 9.17) is 4.74 Å². The molecule has 0 radical (unpaired) electrons. The first-order valence-corrected chi connectivity index (χ1v) is 9.47. The van der Waals surface area contributed by atoms with Crippen molar-refractivity contribution in [3.8, 4) is 0 Å². The normalized spacial score (nSPS) is 20.5. The number of nitrogens with zero attached hydrogens (tertiary/aromatic N) is 2. The van der Waals surface area contributed by atoms with Gasteiger partial charge in [-0.25, -0.2) is 9.18 Å². The summed E-state index contributed by atoms with van der Waals surface area (Å²) in [4.78, 5) is 29.0. The minimum absolute atomic E-state index is 0.00107. The third kappa shape index (κ3) is 2.58. The number of carbonyl (C=O) groups is 2. The molecule has 1 saturated heterocycles. The Bertz CT molecular complexity index is 941. The third-order valence-corrected chi connectivity index (χ3v) is 5.54. The van der Waals surface area contributed by atoms with E-state index >= 15 is 0 Å². The van der Waals surface area contributed by atoms with Crippen molar-refractivity contribution in [2.75, 3.05) is 23.5 Å². The average molecular weight is 382 g/mol. The minimum atomic E-state index is -0.702. The molecule has 146 valence electrons. The predicted octanol–water partition coefficient (Wildman–Crippen LogP) is 4.07. The lowest BCUT2D eigenvalue weighted by Gasteiger charge is -2.42. The molecule has 28 heavy (non-hydrogen) atoms. The second-order valence-corrected chi connectivity index (χ2v) is 7.75. The van der Waals surface area contributed by atoms with Crippen LogP contribution >= 0.6 is 0 Å². The molecule has 1 amide bonds. The van der Waals surface area contributed by atoms with Crippen LogP contribution in [0.25, 0.3) is 0 Å². The Labute approximate surface area is 163 Å². The van der Waals surface area contributed by atoms with Gasteiger partial charge >= 0.3 is 5.97 Å². The molecule has 2 aliphatic heterocycles. The third-order valence-electron chi connectivity index (χ3n) is 5.54. The molecule has 1 unspecified atom stereocenters. The summed E-state index contributed by atoms with van der Waals surface area (Å²) in [5, 5.41) is 0. The van der Waals surface area contributed by atoms with Gasteiger partial charge in [0, 0.05) is 19.4 Å². The van der Waals surface area contributed by atoms with Gasteiger partial charge in [-0.3, -0.25) is 9.69 Å². The fraction of sp³-hybridized carbons (Fsp3) is 0.364. The maximum absolute atomic E-state index is 13.6. The quantitative estimate of drug-likeness (QED) is 0.748. The molecule has 0 N–H and O–H groups in total.